The van der Waals surface area contributed by atoms with E-state index in [2.05, 4.69) is 30.4 Å². The van der Waals surface area contributed by atoms with Gasteiger partial charge in [0.2, 0.25) is 5.91 Å². The Morgan fingerprint density at radius 3 is 2.50 bits per heavy atom. The third kappa shape index (κ3) is 6.43. The van der Waals surface area contributed by atoms with Crippen LogP contribution in [-0.2, 0) is 11.2 Å². The number of carbonyl (C=O) groups excluding carboxylic acids is 1. The topological polar surface area (TPSA) is 58.6 Å². The minimum atomic E-state index is -0.293. The smallest absolute Gasteiger partial charge is 0.224 e. The van der Waals surface area contributed by atoms with Crippen molar-refractivity contribution in [1.29, 1.82) is 0 Å². The van der Waals surface area contributed by atoms with Gasteiger partial charge in [0.25, 0.3) is 0 Å². The summed E-state index contributed by atoms with van der Waals surface area (Å²) in [4.78, 5) is 12.2. The Labute approximate surface area is 156 Å². The predicted molar refractivity (Wildman–Crippen MR) is 105 cm³/mol. The monoisotopic (exact) mass is 355 g/mol. The van der Waals surface area contributed by atoms with E-state index in [4.69, 9.17) is 4.74 Å². The summed E-state index contributed by atoms with van der Waals surface area (Å²) in [5, 5.41) is 12.4. The molecule has 0 fully saturated rings. The molecule has 0 spiro atoms. The number of phenolic OH excluding ortho intramolecular Hbond substituents is 1. The highest BCUT2D eigenvalue weighted by atomic mass is 16.5. The average molecular weight is 355 g/mol. The number of hydrogen-bond acceptors (Lipinski definition) is 3. The van der Waals surface area contributed by atoms with Crippen LogP contribution in [0.5, 0.6) is 11.5 Å². The highest BCUT2D eigenvalue weighted by molar-refractivity contribution is 5.79. The van der Waals surface area contributed by atoms with E-state index in [1.807, 2.05) is 20.8 Å². The zero-order valence-corrected chi connectivity index (χ0v) is 16.1. The second kappa shape index (κ2) is 8.75. The van der Waals surface area contributed by atoms with Gasteiger partial charge in [0, 0.05) is 5.54 Å². The fourth-order valence-corrected chi connectivity index (χ4v) is 2.84. The molecule has 0 aliphatic rings. The molecule has 2 rings (SSSR count). The fourth-order valence-electron chi connectivity index (χ4n) is 2.84. The molecule has 0 bridgehead atoms. The summed E-state index contributed by atoms with van der Waals surface area (Å²) in [5.74, 6) is 1.12. The summed E-state index contributed by atoms with van der Waals surface area (Å²) in [5.41, 5.74) is 2.91. The van der Waals surface area contributed by atoms with E-state index in [1.165, 1.54) is 5.56 Å². The first-order valence-electron chi connectivity index (χ1n) is 9.04. The van der Waals surface area contributed by atoms with Gasteiger partial charge >= 0.3 is 0 Å². The van der Waals surface area contributed by atoms with Gasteiger partial charge in [-0.05, 0) is 75.4 Å². The first kappa shape index (κ1) is 19.8. The summed E-state index contributed by atoms with van der Waals surface area (Å²) in [6, 6.07) is 12.9. The minimum Gasteiger partial charge on any atom is -0.508 e. The van der Waals surface area contributed by atoms with Gasteiger partial charge in [-0.15, -0.1) is 0 Å². The third-order valence-corrected chi connectivity index (χ3v) is 4.33. The molecule has 2 aromatic rings. The maximum Gasteiger partial charge on any atom is 0.224 e. The van der Waals surface area contributed by atoms with Gasteiger partial charge in [0.05, 0.1) is 13.0 Å². The van der Waals surface area contributed by atoms with Crippen LogP contribution < -0.4 is 10.1 Å². The van der Waals surface area contributed by atoms with Crippen molar-refractivity contribution in [3.63, 3.8) is 0 Å². The molecule has 0 aromatic heterocycles. The molecule has 0 unspecified atom stereocenters. The number of phenols is 1. The molecule has 0 saturated heterocycles. The lowest BCUT2D eigenvalue weighted by Gasteiger charge is -2.26. The lowest BCUT2D eigenvalue weighted by molar-refractivity contribution is -0.122. The van der Waals surface area contributed by atoms with E-state index in [0.717, 1.165) is 29.7 Å². The second-order valence-electron chi connectivity index (χ2n) is 7.50. The average Bonchev–Trinajstić information content (AvgIpc) is 2.56. The summed E-state index contributed by atoms with van der Waals surface area (Å²) < 4.78 is 5.89. The summed E-state index contributed by atoms with van der Waals surface area (Å²) in [6.45, 7) is 8.78. The Kier molecular flexibility index (Phi) is 6.67. The number of carbonyl (C=O) groups is 1. The maximum atomic E-state index is 12.2. The van der Waals surface area contributed by atoms with E-state index in [9.17, 15) is 9.90 Å². The van der Waals surface area contributed by atoms with Crippen LogP contribution in [0.25, 0.3) is 0 Å². The van der Waals surface area contributed by atoms with Gasteiger partial charge in [-0.25, -0.2) is 0 Å². The van der Waals surface area contributed by atoms with Crippen LogP contribution in [0.15, 0.2) is 42.5 Å². The molecule has 4 heteroatoms. The molecule has 26 heavy (non-hydrogen) atoms. The zero-order valence-electron chi connectivity index (χ0n) is 16.1. The molecule has 2 aromatic carbocycles. The van der Waals surface area contributed by atoms with Crippen LogP contribution >= 0.6 is 0 Å². The number of amides is 1. The lowest BCUT2D eigenvalue weighted by Crippen LogP contribution is -2.44. The number of ether oxygens (including phenoxy) is 1. The van der Waals surface area contributed by atoms with E-state index in [0.29, 0.717) is 13.0 Å². The Morgan fingerprint density at radius 2 is 1.81 bits per heavy atom. The second-order valence-corrected chi connectivity index (χ2v) is 7.50. The van der Waals surface area contributed by atoms with Gasteiger partial charge < -0.3 is 15.2 Å². The zero-order chi connectivity index (χ0) is 19.2. The molecule has 0 aliphatic heterocycles. The summed E-state index contributed by atoms with van der Waals surface area (Å²) >= 11 is 0. The molecular formula is C22H29NO3. The highest BCUT2D eigenvalue weighted by Gasteiger charge is 2.20. The molecule has 0 atom stereocenters. The third-order valence-electron chi connectivity index (χ3n) is 4.33. The summed E-state index contributed by atoms with van der Waals surface area (Å²) in [7, 11) is 0. The van der Waals surface area contributed by atoms with Gasteiger partial charge in [-0.2, -0.15) is 0 Å². The quantitative estimate of drug-likeness (QED) is 0.694. The molecular weight excluding hydrogens is 326 g/mol. The predicted octanol–water partition coefficient (Wildman–Crippen LogP) is 4.31. The molecule has 1 amide bonds. The number of hydrogen-bond donors (Lipinski definition) is 2. The number of rotatable bonds is 8. The number of benzene rings is 2. The van der Waals surface area contributed by atoms with Crippen molar-refractivity contribution in [3.8, 4) is 11.5 Å². The Bertz CT molecular complexity index is 736. The van der Waals surface area contributed by atoms with Crippen LogP contribution in [0.3, 0.4) is 0 Å². The van der Waals surface area contributed by atoms with Crippen molar-refractivity contribution in [2.75, 3.05) is 6.61 Å². The molecule has 2 N–H and O–H groups in total. The number of nitrogens with one attached hydrogen (secondary N) is 1. The van der Waals surface area contributed by atoms with Crippen LogP contribution in [0.2, 0.25) is 0 Å². The lowest BCUT2D eigenvalue weighted by atomic mass is 9.98. The van der Waals surface area contributed by atoms with Gasteiger partial charge in [-0.3, -0.25) is 4.79 Å². The number of aromatic hydroxyl groups is 1. The fraction of sp³-hybridized carbons (Fsp3) is 0.409. The standard InChI is InChI=1S/C22H29NO3/c1-16-6-7-17(2)20(14-16)26-13-5-12-22(3,4)23-21(25)15-18-8-10-19(24)11-9-18/h6-11,14,24H,5,12-13,15H2,1-4H3,(H,23,25). The van der Waals surface area contributed by atoms with E-state index >= 15 is 0 Å². The van der Waals surface area contributed by atoms with Crippen LogP contribution in [0.1, 0.15) is 43.4 Å². The van der Waals surface area contributed by atoms with E-state index in [-0.39, 0.29) is 17.2 Å². The molecule has 140 valence electrons. The Balaban J connectivity index is 1.76. The van der Waals surface area contributed by atoms with E-state index in [1.54, 1.807) is 24.3 Å². The van der Waals surface area contributed by atoms with Crippen molar-refractivity contribution in [2.45, 2.75) is 52.5 Å². The highest BCUT2D eigenvalue weighted by Crippen LogP contribution is 2.20. The van der Waals surface area contributed by atoms with Crippen molar-refractivity contribution in [1.82, 2.24) is 5.32 Å². The Morgan fingerprint density at radius 1 is 1.12 bits per heavy atom. The normalized spacial score (nSPS) is 11.2. The minimum absolute atomic E-state index is 0.0175. The van der Waals surface area contributed by atoms with Gasteiger partial charge in [0.15, 0.2) is 0 Å². The SMILES string of the molecule is Cc1ccc(C)c(OCCCC(C)(C)NC(=O)Cc2ccc(O)cc2)c1. The summed E-state index contributed by atoms with van der Waals surface area (Å²) in [6.07, 6.45) is 2.00. The van der Waals surface area contributed by atoms with Crippen molar-refractivity contribution in [3.05, 3.63) is 59.2 Å². The molecule has 0 aliphatic carbocycles. The van der Waals surface area contributed by atoms with Crippen LogP contribution in [0.4, 0.5) is 0 Å². The van der Waals surface area contributed by atoms with Crippen molar-refractivity contribution >= 4 is 5.91 Å². The maximum absolute atomic E-state index is 12.2. The van der Waals surface area contributed by atoms with Crippen LogP contribution in [0, 0.1) is 13.8 Å². The molecule has 0 heterocycles. The number of aryl methyl sites for hydroxylation is 2. The molecule has 4 nitrogen and oxygen atoms in total. The molecule has 0 radical (unpaired) electrons. The van der Waals surface area contributed by atoms with Gasteiger partial charge in [-0.1, -0.05) is 24.3 Å². The van der Waals surface area contributed by atoms with Crippen LogP contribution in [-0.4, -0.2) is 23.2 Å². The first-order chi connectivity index (χ1) is 12.2. The van der Waals surface area contributed by atoms with E-state index < -0.39 is 0 Å². The van der Waals surface area contributed by atoms with Crippen molar-refractivity contribution < 1.29 is 14.6 Å². The Hall–Kier alpha value is -2.49. The van der Waals surface area contributed by atoms with Gasteiger partial charge in [0.1, 0.15) is 11.5 Å². The van der Waals surface area contributed by atoms with Crippen molar-refractivity contribution in [2.24, 2.45) is 0 Å². The first-order valence-corrected chi connectivity index (χ1v) is 9.04. The molecule has 0 saturated carbocycles. The largest absolute Gasteiger partial charge is 0.508 e.